The summed E-state index contributed by atoms with van der Waals surface area (Å²) in [6, 6.07) is 0. The third kappa shape index (κ3) is 538. The Labute approximate surface area is 66.3 Å². The van der Waals surface area contributed by atoms with Gasteiger partial charge in [-0.05, 0) is 0 Å². The molecule has 0 aliphatic heterocycles. The van der Waals surface area contributed by atoms with Gasteiger partial charge in [0.2, 0.25) is 0 Å². The Bertz CT molecular complexity index is 23.7. The number of aliphatic hydroxyl groups excluding tert-OH is 1. The molecule has 4 nitrogen and oxygen atoms in total. The summed E-state index contributed by atoms with van der Waals surface area (Å²) in [6.45, 7) is 0.500. The Morgan fingerprint density at radius 1 is 1.71 bits per heavy atom. The first-order valence-electron chi connectivity index (χ1n) is 0.899. The molecular formula is C2H4O4Y-2. The van der Waals surface area contributed by atoms with Gasteiger partial charge in [-0.25, -0.2) is 0 Å². The zero-order valence-electron chi connectivity index (χ0n) is 3.50. The molecule has 0 saturated carbocycles. The zero-order chi connectivity index (χ0) is 5.41. The van der Waals surface area contributed by atoms with E-state index in [1.54, 1.807) is 0 Å². The zero-order valence-corrected chi connectivity index (χ0v) is 6.33. The molecule has 0 spiro atoms. The minimum absolute atomic E-state index is 0. The Balaban J connectivity index is -0.0000000400. The maximum absolute atomic E-state index is 8.24. The van der Waals surface area contributed by atoms with Crippen LogP contribution in [0.15, 0.2) is 0 Å². The normalized spacial score (nSPS) is 4.29. The Kier molecular flexibility index (Phi) is 70.5. The molecule has 41 valence electrons. The second-order valence-electron chi connectivity index (χ2n) is 0.220. The Morgan fingerprint density at radius 2 is 1.71 bits per heavy atom. The van der Waals surface area contributed by atoms with E-state index in [0.29, 0.717) is 6.47 Å². The molecule has 5 heteroatoms. The molecule has 0 aromatic heterocycles. The molecule has 2 N–H and O–H groups in total. The number of rotatable bonds is 0. The Morgan fingerprint density at radius 3 is 1.71 bits per heavy atom. The summed E-state index contributed by atoms with van der Waals surface area (Å²) in [5.41, 5.74) is 0. The summed E-state index contributed by atoms with van der Waals surface area (Å²) in [5, 5.41) is 13.7. The van der Waals surface area contributed by atoms with Crippen molar-refractivity contribution in [2.24, 2.45) is 0 Å². The Hall–Kier alpha value is 0.494. The monoisotopic (exact) mass is 181 g/mol. The summed E-state index contributed by atoms with van der Waals surface area (Å²) in [7, 11) is 2.54. The van der Waals surface area contributed by atoms with Crippen molar-refractivity contribution in [3.8, 4) is 0 Å². The van der Waals surface area contributed by atoms with Crippen LogP contribution in [0.2, 0.25) is 0 Å². The van der Waals surface area contributed by atoms with Crippen LogP contribution in [0.1, 0.15) is 0 Å². The predicted molar refractivity (Wildman–Crippen MR) is 17.4 cm³/mol. The van der Waals surface area contributed by atoms with E-state index in [0.717, 1.165) is 0 Å². The smallest absolute Gasteiger partial charge is 0 e. The second kappa shape index (κ2) is 31.5. The van der Waals surface area contributed by atoms with E-state index < -0.39 is 0 Å². The average Bonchev–Trinajstić information content (AvgIpc) is 1.39. The first-order valence-corrected chi connectivity index (χ1v) is 0.899. The van der Waals surface area contributed by atoms with Gasteiger partial charge in [0.05, 0.1) is 0 Å². The predicted octanol–water partition coefficient (Wildman–Crippen LogP) is -0.123. The van der Waals surface area contributed by atoms with Gasteiger partial charge in [-0.3, -0.25) is 5.26 Å². The molecule has 0 aromatic carbocycles. The van der Waals surface area contributed by atoms with Crippen LogP contribution in [-0.2, 0) is 42.4 Å². The van der Waals surface area contributed by atoms with Crippen LogP contribution in [0.4, 0.5) is 0 Å². The van der Waals surface area contributed by atoms with Gasteiger partial charge in [0.25, 0.3) is 0 Å². The summed E-state index contributed by atoms with van der Waals surface area (Å²) >= 11 is 0. The molecule has 0 aliphatic rings. The van der Waals surface area contributed by atoms with E-state index in [1.807, 2.05) is 0 Å². The van der Waals surface area contributed by atoms with E-state index in [1.165, 1.54) is 0 Å². The van der Waals surface area contributed by atoms with Crippen LogP contribution in [0, 0.1) is 7.11 Å². The molecule has 0 atom stereocenters. The summed E-state index contributed by atoms with van der Waals surface area (Å²) in [5.74, 6) is 0. The minimum atomic E-state index is 0. The molecule has 0 heterocycles. The SMILES string of the molecule is O=[C-]O.[CH2-]OO.[Y]. The van der Waals surface area contributed by atoms with Crippen molar-refractivity contribution in [1.29, 1.82) is 0 Å². The topological polar surface area (TPSA) is 66.8 Å². The van der Waals surface area contributed by atoms with Gasteiger partial charge in [0.1, 0.15) is 0 Å². The van der Waals surface area contributed by atoms with Gasteiger partial charge in [-0.1, -0.05) is 6.47 Å². The minimum Gasteiger partial charge on any atom is -0.665 e. The molecule has 0 aromatic rings. The van der Waals surface area contributed by atoms with Crippen LogP contribution >= 0.6 is 0 Å². The van der Waals surface area contributed by atoms with Crippen molar-refractivity contribution in [3.05, 3.63) is 7.11 Å². The van der Waals surface area contributed by atoms with Crippen LogP contribution in [0.25, 0.3) is 0 Å². The first kappa shape index (κ1) is 15.6. The van der Waals surface area contributed by atoms with E-state index in [2.05, 4.69) is 12.0 Å². The molecule has 0 aliphatic carbocycles. The van der Waals surface area contributed by atoms with Gasteiger partial charge in [0, 0.05) is 32.7 Å². The third-order valence-electron chi connectivity index (χ3n) is 0. The molecule has 0 bridgehead atoms. The fourth-order valence-corrected chi connectivity index (χ4v) is 0. The van der Waals surface area contributed by atoms with Crippen molar-refractivity contribution in [1.82, 2.24) is 0 Å². The van der Waals surface area contributed by atoms with Crippen molar-refractivity contribution in [2.45, 2.75) is 0 Å². The molecule has 0 amide bonds. The van der Waals surface area contributed by atoms with Gasteiger partial charge >= 0.3 is 0 Å². The quantitative estimate of drug-likeness (QED) is 0.310. The molecule has 7 heavy (non-hydrogen) atoms. The van der Waals surface area contributed by atoms with E-state index >= 15 is 0 Å². The molecule has 1 radical (unpaired) electrons. The number of hydrogen-bond donors (Lipinski definition) is 2. The van der Waals surface area contributed by atoms with Crippen molar-refractivity contribution in [3.63, 3.8) is 0 Å². The molecular weight excluding hydrogens is 177 g/mol. The van der Waals surface area contributed by atoms with Crippen LogP contribution in [0.5, 0.6) is 0 Å². The van der Waals surface area contributed by atoms with E-state index in [9.17, 15) is 0 Å². The summed E-state index contributed by atoms with van der Waals surface area (Å²) in [6.07, 6.45) is 0. The van der Waals surface area contributed by atoms with Crippen molar-refractivity contribution in [2.75, 3.05) is 0 Å². The van der Waals surface area contributed by atoms with Gasteiger partial charge in [0.15, 0.2) is 0 Å². The molecule has 0 unspecified atom stereocenters. The fraction of sp³-hybridized carbons (Fsp3) is 0. The number of hydrogen-bond acceptors (Lipinski definition) is 3. The summed E-state index contributed by atoms with van der Waals surface area (Å²) < 4.78 is 0. The standard InChI is InChI=1S/CH3O2.CHO2.Y/c1-3-2;2-1-3;/h2H,1H2;(H,2,3);/q2*-1;. The van der Waals surface area contributed by atoms with Gasteiger partial charge < -0.3 is 14.8 Å². The average molecular weight is 181 g/mol. The molecule has 0 rings (SSSR count). The first-order chi connectivity index (χ1) is 2.83. The van der Waals surface area contributed by atoms with Crippen LogP contribution in [-0.4, -0.2) is 16.8 Å². The third-order valence-corrected chi connectivity index (χ3v) is 0. The van der Waals surface area contributed by atoms with Crippen molar-refractivity contribution < 1.29 is 52.8 Å². The fourth-order valence-electron chi connectivity index (χ4n) is 0. The maximum atomic E-state index is 8.24. The van der Waals surface area contributed by atoms with Gasteiger partial charge in [-0.2, -0.15) is 7.11 Å². The summed E-state index contributed by atoms with van der Waals surface area (Å²) in [4.78, 5) is 11.2. The largest absolute Gasteiger partial charge is 0.665 e. The van der Waals surface area contributed by atoms with Gasteiger partial charge in [-0.15, -0.1) is 0 Å². The van der Waals surface area contributed by atoms with Crippen LogP contribution in [0.3, 0.4) is 0 Å². The maximum Gasteiger partial charge on any atom is 0 e. The van der Waals surface area contributed by atoms with Crippen molar-refractivity contribution >= 4 is 6.47 Å². The van der Waals surface area contributed by atoms with Crippen LogP contribution < -0.4 is 0 Å². The molecule has 0 fully saturated rings. The second-order valence-corrected chi connectivity index (χ2v) is 0.220. The van der Waals surface area contributed by atoms with E-state index in [4.69, 9.17) is 15.2 Å². The molecule has 0 saturated heterocycles. The van der Waals surface area contributed by atoms with E-state index in [-0.39, 0.29) is 32.7 Å².